The Balaban J connectivity index is 2.07. The fourth-order valence-corrected chi connectivity index (χ4v) is 4.92. The highest BCUT2D eigenvalue weighted by molar-refractivity contribution is 9.10. The van der Waals surface area contributed by atoms with Crippen molar-refractivity contribution < 1.29 is 4.79 Å². The van der Waals surface area contributed by atoms with Crippen molar-refractivity contribution in [1.29, 1.82) is 0 Å². The van der Waals surface area contributed by atoms with E-state index in [2.05, 4.69) is 61.8 Å². The van der Waals surface area contributed by atoms with Gasteiger partial charge in [0.2, 0.25) is 0 Å². The SMILES string of the molecule is CC1=Cc2cc(C(C)(C)C)cc(-c3c(C([NH])=O)cc4c(Br)c3CC4)c2C1. The molecule has 2 aromatic carbocycles. The second-order valence-electron chi connectivity index (χ2n) is 8.59. The smallest absolute Gasteiger partial charge is 0.267 e. The van der Waals surface area contributed by atoms with Crippen molar-refractivity contribution in [1.82, 2.24) is 5.73 Å². The maximum absolute atomic E-state index is 12.2. The lowest BCUT2D eigenvalue weighted by Crippen LogP contribution is -2.13. The molecule has 4 rings (SSSR count). The number of hydrogen-bond donors (Lipinski definition) is 0. The molecule has 2 aliphatic rings. The van der Waals surface area contributed by atoms with Gasteiger partial charge in [-0.05, 0) is 76.6 Å². The van der Waals surface area contributed by atoms with Gasteiger partial charge in [0.15, 0.2) is 0 Å². The van der Waals surface area contributed by atoms with Gasteiger partial charge in [0.05, 0.1) is 0 Å². The predicted octanol–water partition coefficient (Wildman–Crippen LogP) is 5.89. The normalized spacial score (nSPS) is 15.2. The number of carbonyl (C=O) groups excluding carboxylic acids is 1. The number of rotatable bonds is 2. The van der Waals surface area contributed by atoms with Crippen molar-refractivity contribution in [2.45, 2.75) is 52.4 Å². The van der Waals surface area contributed by atoms with Crippen LogP contribution in [-0.2, 0) is 24.7 Å². The van der Waals surface area contributed by atoms with Crippen LogP contribution in [0.2, 0.25) is 0 Å². The Labute approximate surface area is 163 Å². The standard InChI is InChI=1S/C23H23BrNO/c1-12-7-14-9-15(23(2,3)4)11-18(17(14)8-12)20-16-6-5-13(21(16)24)10-19(20)22(25)26/h7,9-11,25H,5-6,8H2,1-4H3. The summed E-state index contributed by atoms with van der Waals surface area (Å²) in [6.45, 7) is 8.82. The molecule has 0 fully saturated rings. The number of amides is 1. The summed E-state index contributed by atoms with van der Waals surface area (Å²) in [6, 6.07) is 6.48. The van der Waals surface area contributed by atoms with Gasteiger partial charge in [-0.1, -0.05) is 60.5 Å². The lowest BCUT2D eigenvalue weighted by atomic mass is 9.81. The van der Waals surface area contributed by atoms with Crippen LogP contribution in [0.3, 0.4) is 0 Å². The molecule has 2 nitrogen and oxygen atoms in total. The summed E-state index contributed by atoms with van der Waals surface area (Å²) in [5.41, 5.74) is 18.0. The summed E-state index contributed by atoms with van der Waals surface area (Å²) in [4.78, 5) is 12.2. The van der Waals surface area contributed by atoms with Gasteiger partial charge in [-0.3, -0.25) is 10.5 Å². The summed E-state index contributed by atoms with van der Waals surface area (Å²) >= 11 is 3.74. The van der Waals surface area contributed by atoms with E-state index < -0.39 is 5.91 Å². The molecule has 1 N–H and O–H groups in total. The van der Waals surface area contributed by atoms with Crippen molar-refractivity contribution in [3.8, 4) is 11.1 Å². The Hall–Kier alpha value is -1.87. The largest absolute Gasteiger partial charge is 0.270 e. The highest BCUT2D eigenvalue weighted by Crippen LogP contribution is 2.45. The maximum atomic E-state index is 12.2. The van der Waals surface area contributed by atoms with Gasteiger partial charge in [-0.25, -0.2) is 0 Å². The third-order valence-corrected chi connectivity index (χ3v) is 6.59. The summed E-state index contributed by atoms with van der Waals surface area (Å²) in [6.07, 6.45) is 5.05. The van der Waals surface area contributed by atoms with Crippen LogP contribution in [0.15, 0.2) is 28.2 Å². The summed E-state index contributed by atoms with van der Waals surface area (Å²) in [5.74, 6) is -0.588. The Morgan fingerprint density at radius 1 is 1.12 bits per heavy atom. The first-order valence-corrected chi connectivity index (χ1v) is 9.91. The van der Waals surface area contributed by atoms with Crippen LogP contribution < -0.4 is 5.73 Å². The zero-order valence-electron chi connectivity index (χ0n) is 15.7. The number of fused-ring (bicyclic) bond motifs is 3. The van der Waals surface area contributed by atoms with Crippen molar-refractivity contribution in [2.24, 2.45) is 0 Å². The summed E-state index contributed by atoms with van der Waals surface area (Å²) in [5, 5.41) is 0. The van der Waals surface area contributed by atoms with E-state index in [4.69, 9.17) is 5.73 Å². The van der Waals surface area contributed by atoms with Crippen molar-refractivity contribution in [3.05, 3.63) is 61.6 Å². The fraction of sp³-hybridized carbons (Fsp3) is 0.348. The number of aryl methyl sites for hydroxylation is 1. The summed E-state index contributed by atoms with van der Waals surface area (Å²) in [7, 11) is 0. The Kier molecular flexibility index (Phi) is 3.92. The van der Waals surface area contributed by atoms with Crippen LogP contribution in [0.5, 0.6) is 0 Å². The molecule has 0 heterocycles. The van der Waals surface area contributed by atoms with Crippen LogP contribution in [0.4, 0.5) is 0 Å². The van der Waals surface area contributed by atoms with Gasteiger partial charge < -0.3 is 0 Å². The van der Waals surface area contributed by atoms with Crippen LogP contribution in [0.25, 0.3) is 17.2 Å². The monoisotopic (exact) mass is 408 g/mol. The van der Waals surface area contributed by atoms with E-state index in [1.165, 1.54) is 27.8 Å². The molecule has 133 valence electrons. The predicted molar refractivity (Wildman–Crippen MR) is 110 cm³/mol. The van der Waals surface area contributed by atoms with Gasteiger partial charge >= 0.3 is 0 Å². The third kappa shape index (κ3) is 2.64. The van der Waals surface area contributed by atoms with E-state index in [1.54, 1.807) is 0 Å². The van der Waals surface area contributed by atoms with E-state index in [1.807, 2.05) is 6.07 Å². The lowest BCUT2D eigenvalue weighted by molar-refractivity contribution is 0.0992. The number of halogens is 1. The zero-order valence-corrected chi connectivity index (χ0v) is 17.3. The Morgan fingerprint density at radius 2 is 1.85 bits per heavy atom. The number of allylic oxidation sites excluding steroid dienone is 1. The van der Waals surface area contributed by atoms with Gasteiger partial charge in [-0.2, -0.15) is 0 Å². The van der Waals surface area contributed by atoms with Gasteiger partial charge in [0, 0.05) is 10.0 Å². The molecular weight excluding hydrogens is 386 g/mol. The third-order valence-electron chi connectivity index (χ3n) is 5.60. The first kappa shape index (κ1) is 17.5. The van der Waals surface area contributed by atoms with Crippen LogP contribution in [-0.4, -0.2) is 5.91 Å². The first-order chi connectivity index (χ1) is 12.2. The molecule has 0 atom stereocenters. The van der Waals surface area contributed by atoms with Crippen molar-refractivity contribution in [3.63, 3.8) is 0 Å². The highest BCUT2D eigenvalue weighted by Gasteiger charge is 2.29. The molecule has 0 aliphatic heterocycles. The quantitative estimate of drug-likeness (QED) is 0.609. The highest BCUT2D eigenvalue weighted by atomic mass is 79.9. The van der Waals surface area contributed by atoms with Gasteiger partial charge in [0.25, 0.3) is 5.91 Å². The van der Waals surface area contributed by atoms with Crippen molar-refractivity contribution >= 4 is 27.9 Å². The molecule has 0 spiro atoms. The minimum absolute atomic E-state index is 0.0246. The van der Waals surface area contributed by atoms with E-state index in [-0.39, 0.29) is 5.41 Å². The first-order valence-electron chi connectivity index (χ1n) is 9.12. The Morgan fingerprint density at radius 3 is 2.50 bits per heavy atom. The van der Waals surface area contributed by atoms with E-state index in [0.29, 0.717) is 5.56 Å². The second-order valence-corrected chi connectivity index (χ2v) is 9.38. The number of carbonyl (C=O) groups is 1. The van der Waals surface area contributed by atoms with Gasteiger partial charge in [-0.15, -0.1) is 0 Å². The maximum Gasteiger partial charge on any atom is 0.270 e. The molecule has 0 aromatic heterocycles. The molecule has 26 heavy (non-hydrogen) atoms. The van der Waals surface area contributed by atoms with Gasteiger partial charge in [0.1, 0.15) is 0 Å². The van der Waals surface area contributed by atoms with E-state index >= 15 is 0 Å². The Bertz CT molecular complexity index is 992. The molecule has 2 aromatic rings. The number of nitrogens with one attached hydrogen (secondary N) is 1. The second kappa shape index (κ2) is 5.82. The van der Waals surface area contributed by atoms with E-state index in [0.717, 1.165) is 40.4 Å². The lowest BCUT2D eigenvalue weighted by Gasteiger charge is -2.24. The van der Waals surface area contributed by atoms with Crippen molar-refractivity contribution in [2.75, 3.05) is 0 Å². The average Bonchev–Trinajstić information content (AvgIpc) is 3.00. The molecule has 0 saturated heterocycles. The zero-order chi connectivity index (χ0) is 18.8. The minimum atomic E-state index is -0.588. The molecule has 1 amide bonds. The van der Waals surface area contributed by atoms with Crippen LogP contribution in [0.1, 0.15) is 65.9 Å². The minimum Gasteiger partial charge on any atom is -0.267 e. The molecular formula is C23H23BrNO. The fourth-order valence-electron chi connectivity index (χ4n) is 4.21. The van der Waals surface area contributed by atoms with Crippen LogP contribution >= 0.6 is 15.9 Å². The van der Waals surface area contributed by atoms with E-state index in [9.17, 15) is 4.79 Å². The number of hydrogen-bond acceptors (Lipinski definition) is 1. The average molecular weight is 409 g/mol. The molecule has 2 aliphatic carbocycles. The molecule has 1 radical (unpaired) electrons. The molecule has 0 unspecified atom stereocenters. The molecule has 0 saturated carbocycles. The molecule has 3 heteroatoms. The number of benzene rings is 2. The van der Waals surface area contributed by atoms with Crippen LogP contribution in [0, 0.1) is 0 Å². The molecule has 2 bridgehead atoms. The summed E-state index contributed by atoms with van der Waals surface area (Å²) < 4.78 is 1.12. The topological polar surface area (TPSA) is 40.9 Å².